The van der Waals surface area contributed by atoms with Gasteiger partial charge in [-0.25, -0.2) is 4.98 Å². The lowest BCUT2D eigenvalue weighted by atomic mass is 10.1. The van der Waals surface area contributed by atoms with E-state index in [1.807, 2.05) is 19.1 Å². The molecule has 0 saturated carbocycles. The van der Waals surface area contributed by atoms with Gasteiger partial charge in [0.25, 0.3) is 0 Å². The normalized spacial score (nSPS) is 10.7. The molecule has 1 heterocycles. The van der Waals surface area contributed by atoms with Crippen LogP contribution >= 0.6 is 0 Å². The Hall–Kier alpha value is -1.58. The summed E-state index contributed by atoms with van der Waals surface area (Å²) in [7, 11) is 5.54. The lowest BCUT2D eigenvalue weighted by molar-refractivity contribution is 0.984. The maximum Gasteiger partial charge on any atom is 0.248 e. The van der Waals surface area contributed by atoms with Crippen LogP contribution in [0.1, 0.15) is 11.4 Å². The fraction of sp³-hybridized carbons (Fsp3) is 0.200. The van der Waals surface area contributed by atoms with Crippen molar-refractivity contribution in [3.63, 3.8) is 0 Å². The number of hydrogen-bond acceptors (Lipinski definition) is 2. The SMILES string of the molecule is [B]n1c(C)nc2c(C)cccc2c1=O. The minimum Gasteiger partial charge on any atom is -0.354 e. The fourth-order valence-electron chi connectivity index (χ4n) is 1.47. The molecule has 2 rings (SSSR count). The standard InChI is InChI=1S/C10H9BN2O/c1-6-4-3-5-8-9(6)12-7(2)13(11)10(8)14/h3-5H,1-2H3. The molecule has 2 aromatic rings. The molecule has 68 valence electrons. The highest BCUT2D eigenvalue weighted by Gasteiger charge is 2.05. The van der Waals surface area contributed by atoms with Gasteiger partial charge >= 0.3 is 0 Å². The van der Waals surface area contributed by atoms with Gasteiger partial charge in [0, 0.05) is 0 Å². The Morgan fingerprint density at radius 1 is 1.36 bits per heavy atom. The number of benzene rings is 1. The van der Waals surface area contributed by atoms with Crippen LogP contribution in [0.15, 0.2) is 23.0 Å². The van der Waals surface area contributed by atoms with Crippen LogP contribution in [0.3, 0.4) is 0 Å². The third kappa shape index (κ3) is 1.15. The molecule has 0 unspecified atom stereocenters. The molecule has 0 N–H and O–H groups in total. The van der Waals surface area contributed by atoms with Crippen molar-refractivity contribution in [1.82, 2.24) is 9.46 Å². The van der Waals surface area contributed by atoms with E-state index in [-0.39, 0.29) is 5.56 Å². The third-order valence-electron chi connectivity index (χ3n) is 2.31. The predicted molar refractivity (Wildman–Crippen MR) is 56.6 cm³/mol. The van der Waals surface area contributed by atoms with Gasteiger partial charge in [0.2, 0.25) is 13.5 Å². The molecule has 14 heavy (non-hydrogen) atoms. The quantitative estimate of drug-likeness (QED) is 0.571. The molecular formula is C10H9BN2O. The maximum absolute atomic E-state index is 11.7. The second kappa shape index (κ2) is 2.98. The summed E-state index contributed by atoms with van der Waals surface area (Å²) in [6, 6.07) is 5.49. The number of nitrogens with zero attached hydrogens (tertiary/aromatic N) is 2. The first-order valence-corrected chi connectivity index (χ1v) is 4.35. The van der Waals surface area contributed by atoms with Crippen LogP contribution in [0.5, 0.6) is 0 Å². The Labute approximate surface area is 82.8 Å². The van der Waals surface area contributed by atoms with E-state index in [1.165, 1.54) is 0 Å². The molecule has 0 aliphatic rings. The maximum atomic E-state index is 11.7. The zero-order valence-electron chi connectivity index (χ0n) is 8.11. The van der Waals surface area contributed by atoms with Crippen LogP contribution in [-0.2, 0) is 0 Å². The molecule has 0 bridgehead atoms. The van der Waals surface area contributed by atoms with Gasteiger partial charge in [0.05, 0.1) is 16.7 Å². The van der Waals surface area contributed by atoms with Crippen molar-refractivity contribution in [3.05, 3.63) is 39.9 Å². The van der Waals surface area contributed by atoms with Gasteiger partial charge < -0.3 is 4.48 Å². The Kier molecular flexibility index (Phi) is 1.91. The molecule has 0 amide bonds. The van der Waals surface area contributed by atoms with Crippen LogP contribution in [-0.4, -0.2) is 17.4 Å². The second-order valence-corrected chi connectivity index (χ2v) is 3.31. The van der Waals surface area contributed by atoms with Gasteiger partial charge in [0.1, 0.15) is 0 Å². The number of aromatic nitrogens is 2. The van der Waals surface area contributed by atoms with Gasteiger partial charge in [-0.15, -0.1) is 0 Å². The first-order chi connectivity index (χ1) is 6.61. The number of fused-ring (bicyclic) bond motifs is 1. The highest BCUT2D eigenvalue weighted by atomic mass is 16.1. The Bertz CT molecular complexity index is 560. The number of rotatable bonds is 0. The van der Waals surface area contributed by atoms with E-state index in [0.717, 1.165) is 15.6 Å². The molecule has 4 heteroatoms. The molecule has 0 fully saturated rings. The molecule has 3 nitrogen and oxygen atoms in total. The molecular weight excluding hydrogens is 175 g/mol. The first-order valence-electron chi connectivity index (χ1n) is 4.35. The van der Waals surface area contributed by atoms with Crippen molar-refractivity contribution in [2.45, 2.75) is 13.8 Å². The Morgan fingerprint density at radius 3 is 2.79 bits per heavy atom. The van der Waals surface area contributed by atoms with Crippen LogP contribution in [0, 0.1) is 13.8 Å². The van der Waals surface area contributed by atoms with Gasteiger partial charge in [-0.1, -0.05) is 12.1 Å². The Morgan fingerprint density at radius 2 is 2.07 bits per heavy atom. The van der Waals surface area contributed by atoms with E-state index >= 15 is 0 Å². The van der Waals surface area contributed by atoms with E-state index in [4.69, 9.17) is 7.98 Å². The van der Waals surface area contributed by atoms with Crippen LogP contribution in [0.4, 0.5) is 0 Å². The summed E-state index contributed by atoms with van der Waals surface area (Å²) in [4.78, 5) is 16.0. The van der Waals surface area contributed by atoms with Crippen LogP contribution in [0.25, 0.3) is 10.9 Å². The zero-order chi connectivity index (χ0) is 10.3. The fourth-order valence-corrected chi connectivity index (χ4v) is 1.47. The third-order valence-corrected chi connectivity index (χ3v) is 2.31. The van der Waals surface area contributed by atoms with Crippen molar-refractivity contribution in [1.29, 1.82) is 0 Å². The highest BCUT2D eigenvalue weighted by molar-refractivity contribution is 6.07. The summed E-state index contributed by atoms with van der Waals surface area (Å²) in [6.45, 7) is 3.64. The summed E-state index contributed by atoms with van der Waals surface area (Å²) in [5.74, 6) is 0.525. The monoisotopic (exact) mass is 184 g/mol. The van der Waals surface area contributed by atoms with Crippen LogP contribution < -0.4 is 5.56 Å². The minimum atomic E-state index is -0.198. The predicted octanol–water partition coefficient (Wildman–Crippen LogP) is 0.945. The van der Waals surface area contributed by atoms with E-state index < -0.39 is 0 Å². The average molecular weight is 184 g/mol. The van der Waals surface area contributed by atoms with Gasteiger partial charge in [-0.05, 0) is 25.5 Å². The summed E-state index contributed by atoms with van der Waals surface area (Å²) in [6.07, 6.45) is 0. The molecule has 1 aromatic heterocycles. The van der Waals surface area contributed by atoms with Gasteiger partial charge in [-0.2, -0.15) is 0 Å². The zero-order valence-corrected chi connectivity index (χ0v) is 8.11. The topological polar surface area (TPSA) is 34.9 Å². The van der Waals surface area contributed by atoms with Crippen molar-refractivity contribution in [2.24, 2.45) is 0 Å². The molecule has 0 atom stereocenters. The van der Waals surface area contributed by atoms with E-state index in [0.29, 0.717) is 11.2 Å². The summed E-state index contributed by atoms with van der Waals surface area (Å²) < 4.78 is 1.07. The highest BCUT2D eigenvalue weighted by Crippen LogP contribution is 2.11. The molecule has 0 aliphatic carbocycles. The van der Waals surface area contributed by atoms with Crippen molar-refractivity contribution < 1.29 is 0 Å². The number of hydrogen-bond donors (Lipinski definition) is 0. The summed E-state index contributed by atoms with van der Waals surface area (Å²) in [5.41, 5.74) is 1.52. The smallest absolute Gasteiger partial charge is 0.248 e. The number of aryl methyl sites for hydroxylation is 2. The molecule has 1 aromatic carbocycles. The Balaban J connectivity index is 3.06. The lowest BCUT2D eigenvalue weighted by Crippen LogP contribution is -2.22. The molecule has 0 spiro atoms. The van der Waals surface area contributed by atoms with E-state index in [9.17, 15) is 4.79 Å². The molecule has 0 aliphatic heterocycles. The lowest BCUT2D eigenvalue weighted by Gasteiger charge is -2.06. The molecule has 0 saturated heterocycles. The van der Waals surface area contributed by atoms with Crippen molar-refractivity contribution >= 4 is 18.9 Å². The second-order valence-electron chi connectivity index (χ2n) is 3.31. The molecule has 2 radical (unpaired) electrons. The van der Waals surface area contributed by atoms with Gasteiger partial charge in [-0.3, -0.25) is 4.79 Å². The average Bonchev–Trinajstić information content (AvgIpc) is 2.17. The summed E-state index contributed by atoms with van der Waals surface area (Å²) in [5, 5.41) is 0.568. The van der Waals surface area contributed by atoms with Crippen molar-refractivity contribution in [3.8, 4) is 0 Å². The van der Waals surface area contributed by atoms with Crippen LogP contribution in [0.2, 0.25) is 0 Å². The number of para-hydroxylation sites is 1. The van der Waals surface area contributed by atoms with E-state index in [1.54, 1.807) is 13.0 Å². The minimum absolute atomic E-state index is 0.198. The van der Waals surface area contributed by atoms with Crippen molar-refractivity contribution in [2.75, 3.05) is 0 Å². The van der Waals surface area contributed by atoms with Gasteiger partial charge in [0.15, 0.2) is 0 Å². The first kappa shape index (κ1) is 9.00. The van der Waals surface area contributed by atoms with E-state index in [2.05, 4.69) is 4.98 Å². The summed E-state index contributed by atoms with van der Waals surface area (Å²) >= 11 is 0. The largest absolute Gasteiger partial charge is 0.354 e.